The Morgan fingerprint density at radius 3 is 2.79 bits per heavy atom. The molecule has 0 aliphatic heterocycles. The molecular formula is C10H11N3O. The first-order valence-electron chi connectivity index (χ1n) is 4.24. The van der Waals surface area contributed by atoms with Crippen LogP contribution in [0.15, 0.2) is 30.6 Å². The monoisotopic (exact) mass is 189 g/mol. The minimum Gasteiger partial charge on any atom is -0.495 e. The predicted molar refractivity (Wildman–Crippen MR) is 55.0 cm³/mol. The maximum Gasteiger partial charge on any atom is 0.141 e. The number of ether oxygens (including phenoxy) is 1. The second-order valence-electron chi connectivity index (χ2n) is 2.94. The van der Waals surface area contributed by atoms with E-state index in [9.17, 15) is 0 Å². The van der Waals surface area contributed by atoms with Gasteiger partial charge in [0.1, 0.15) is 5.75 Å². The molecule has 0 aliphatic carbocycles. The Labute approximate surface area is 81.7 Å². The van der Waals surface area contributed by atoms with Crippen LogP contribution in [0.1, 0.15) is 0 Å². The molecule has 2 aromatic rings. The molecule has 0 saturated heterocycles. The van der Waals surface area contributed by atoms with Gasteiger partial charge in [-0.05, 0) is 17.7 Å². The number of nitrogens with two attached hydrogens (primary N) is 1. The van der Waals surface area contributed by atoms with E-state index in [0.29, 0.717) is 11.4 Å². The van der Waals surface area contributed by atoms with Crippen LogP contribution >= 0.6 is 0 Å². The third kappa shape index (κ3) is 1.42. The zero-order valence-electron chi connectivity index (χ0n) is 7.82. The number of aromatic amines is 1. The van der Waals surface area contributed by atoms with Gasteiger partial charge in [0, 0.05) is 11.8 Å². The molecule has 72 valence electrons. The summed E-state index contributed by atoms with van der Waals surface area (Å²) in [5, 5.41) is 6.63. The van der Waals surface area contributed by atoms with E-state index in [4.69, 9.17) is 10.5 Å². The van der Waals surface area contributed by atoms with E-state index in [-0.39, 0.29) is 0 Å². The highest BCUT2D eigenvalue weighted by molar-refractivity contribution is 5.69. The first-order chi connectivity index (χ1) is 6.81. The number of rotatable bonds is 2. The molecule has 14 heavy (non-hydrogen) atoms. The average Bonchev–Trinajstić information content (AvgIpc) is 2.70. The summed E-state index contributed by atoms with van der Waals surface area (Å²) in [6, 6.07) is 5.65. The number of H-pyrrole nitrogens is 1. The first-order valence-corrected chi connectivity index (χ1v) is 4.24. The molecule has 0 atom stereocenters. The highest BCUT2D eigenvalue weighted by Crippen LogP contribution is 2.27. The number of aromatic nitrogens is 2. The SMILES string of the molecule is COc1ccc(-c2cn[nH]c2)cc1N. The van der Waals surface area contributed by atoms with Crippen LogP contribution in [-0.2, 0) is 0 Å². The lowest BCUT2D eigenvalue weighted by atomic mass is 10.1. The van der Waals surface area contributed by atoms with Gasteiger partial charge in [-0.3, -0.25) is 5.10 Å². The van der Waals surface area contributed by atoms with Crippen molar-refractivity contribution < 1.29 is 4.74 Å². The van der Waals surface area contributed by atoms with Crippen LogP contribution in [0, 0.1) is 0 Å². The molecule has 4 heteroatoms. The van der Waals surface area contributed by atoms with Crippen molar-refractivity contribution in [1.29, 1.82) is 0 Å². The van der Waals surface area contributed by atoms with Crippen LogP contribution in [-0.4, -0.2) is 17.3 Å². The summed E-state index contributed by atoms with van der Waals surface area (Å²) in [7, 11) is 1.60. The fraction of sp³-hybridized carbons (Fsp3) is 0.100. The lowest BCUT2D eigenvalue weighted by Gasteiger charge is -2.05. The number of benzene rings is 1. The van der Waals surface area contributed by atoms with Crippen molar-refractivity contribution in [3.05, 3.63) is 30.6 Å². The lowest BCUT2D eigenvalue weighted by molar-refractivity contribution is 0.417. The van der Waals surface area contributed by atoms with E-state index in [1.165, 1.54) is 0 Å². The van der Waals surface area contributed by atoms with Crippen molar-refractivity contribution in [1.82, 2.24) is 10.2 Å². The number of nitrogens with one attached hydrogen (secondary N) is 1. The Morgan fingerprint density at radius 1 is 1.36 bits per heavy atom. The predicted octanol–water partition coefficient (Wildman–Crippen LogP) is 1.67. The average molecular weight is 189 g/mol. The molecule has 0 fully saturated rings. The van der Waals surface area contributed by atoms with Gasteiger partial charge in [-0.25, -0.2) is 0 Å². The van der Waals surface area contributed by atoms with Crippen molar-refractivity contribution >= 4 is 5.69 Å². The van der Waals surface area contributed by atoms with E-state index in [1.807, 2.05) is 24.4 Å². The van der Waals surface area contributed by atoms with Gasteiger partial charge in [0.15, 0.2) is 0 Å². The molecule has 1 aromatic heterocycles. The van der Waals surface area contributed by atoms with Crippen molar-refractivity contribution in [2.75, 3.05) is 12.8 Å². The van der Waals surface area contributed by atoms with E-state index < -0.39 is 0 Å². The third-order valence-electron chi connectivity index (χ3n) is 2.06. The number of hydrogen-bond donors (Lipinski definition) is 2. The summed E-state index contributed by atoms with van der Waals surface area (Å²) in [5.41, 5.74) is 8.45. The Morgan fingerprint density at radius 2 is 2.21 bits per heavy atom. The molecule has 2 rings (SSSR count). The highest BCUT2D eigenvalue weighted by atomic mass is 16.5. The van der Waals surface area contributed by atoms with E-state index in [2.05, 4.69) is 10.2 Å². The lowest BCUT2D eigenvalue weighted by Crippen LogP contribution is -1.92. The number of nitrogens with zero attached hydrogens (tertiary/aromatic N) is 1. The van der Waals surface area contributed by atoms with Crippen LogP contribution in [0.5, 0.6) is 5.75 Å². The maximum absolute atomic E-state index is 5.78. The highest BCUT2D eigenvalue weighted by Gasteiger charge is 2.02. The topological polar surface area (TPSA) is 63.9 Å². The molecule has 0 amide bonds. The second kappa shape index (κ2) is 3.41. The van der Waals surface area contributed by atoms with Crippen molar-refractivity contribution in [2.45, 2.75) is 0 Å². The molecule has 1 heterocycles. The van der Waals surface area contributed by atoms with Crippen LogP contribution < -0.4 is 10.5 Å². The van der Waals surface area contributed by atoms with Gasteiger partial charge < -0.3 is 10.5 Å². The minimum atomic E-state index is 0.631. The van der Waals surface area contributed by atoms with Crippen molar-refractivity contribution in [2.24, 2.45) is 0 Å². The maximum atomic E-state index is 5.78. The Balaban J connectivity index is 2.43. The molecule has 1 aromatic carbocycles. The van der Waals surface area contributed by atoms with Crippen LogP contribution in [0.25, 0.3) is 11.1 Å². The summed E-state index contributed by atoms with van der Waals surface area (Å²) >= 11 is 0. The molecule has 3 N–H and O–H groups in total. The summed E-state index contributed by atoms with van der Waals surface area (Å²) in [5.74, 6) is 0.692. The normalized spacial score (nSPS) is 10.1. The largest absolute Gasteiger partial charge is 0.495 e. The molecule has 0 aliphatic rings. The zero-order chi connectivity index (χ0) is 9.97. The summed E-state index contributed by atoms with van der Waals surface area (Å²) < 4.78 is 5.07. The van der Waals surface area contributed by atoms with Crippen LogP contribution in [0.4, 0.5) is 5.69 Å². The zero-order valence-corrected chi connectivity index (χ0v) is 7.82. The van der Waals surface area contributed by atoms with Crippen LogP contribution in [0.2, 0.25) is 0 Å². The van der Waals surface area contributed by atoms with E-state index in [1.54, 1.807) is 13.3 Å². The van der Waals surface area contributed by atoms with Gasteiger partial charge >= 0.3 is 0 Å². The number of methoxy groups -OCH3 is 1. The quantitative estimate of drug-likeness (QED) is 0.706. The fourth-order valence-corrected chi connectivity index (χ4v) is 1.32. The fourth-order valence-electron chi connectivity index (χ4n) is 1.32. The molecule has 0 bridgehead atoms. The molecular weight excluding hydrogens is 178 g/mol. The smallest absolute Gasteiger partial charge is 0.141 e. The molecule has 0 saturated carbocycles. The van der Waals surface area contributed by atoms with Gasteiger partial charge in [-0.2, -0.15) is 5.10 Å². The van der Waals surface area contributed by atoms with Gasteiger partial charge in [-0.15, -0.1) is 0 Å². The molecule has 0 spiro atoms. The number of anilines is 1. The van der Waals surface area contributed by atoms with Crippen LogP contribution in [0.3, 0.4) is 0 Å². The minimum absolute atomic E-state index is 0.631. The Hall–Kier alpha value is -1.97. The van der Waals surface area contributed by atoms with Gasteiger partial charge in [-0.1, -0.05) is 6.07 Å². The van der Waals surface area contributed by atoms with Crippen molar-refractivity contribution in [3.8, 4) is 16.9 Å². The Kier molecular flexibility index (Phi) is 2.10. The third-order valence-corrected chi connectivity index (χ3v) is 2.06. The Bertz CT molecular complexity index is 423. The van der Waals surface area contributed by atoms with Gasteiger partial charge in [0.05, 0.1) is 19.0 Å². The molecule has 0 unspecified atom stereocenters. The van der Waals surface area contributed by atoms with E-state index in [0.717, 1.165) is 11.1 Å². The summed E-state index contributed by atoms with van der Waals surface area (Å²) in [6.45, 7) is 0. The van der Waals surface area contributed by atoms with E-state index >= 15 is 0 Å². The second-order valence-corrected chi connectivity index (χ2v) is 2.94. The summed E-state index contributed by atoms with van der Waals surface area (Å²) in [4.78, 5) is 0. The first kappa shape index (κ1) is 8.62. The number of nitrogen functional groups attached to an aromatic ring is 1. The van der Waals surface area contributed by atoms with Crippen molar-refractivity contribution in [3.63, 3.8) is 0 Å². The number of hydrogen-bond acceptors (Lipinski definition) is 3. The van der Waals surface area contributed by atoms with Gasteiger partial charge in [0.2, 0.25) is 0 Å². The molecule has 4 nitrogen and oxygen atoms in total. The molecule has 0 radical (unpaired) electrons. The summed E-state index contributed by atoms with van der Waals surface area (Å²) in [6.07, 6.45) is 3.57. The van der Waals surface area contributed by atoms with Gasteiger partial charge in [0.25, 0.3) is 0 Å². The standard InChI is InChI=1S/C10H11N3O/c1-14-10-3-2-7(4-9(10)11)8-5-12-13-6-8/h2-6H,11H2,1H3,(H,12,13).